The first-order valence-corrected chi connectivity index (χ1v) is 6.82. The SMILES string of the molecule is Cc1cc(C(N)=S)cc(NCCc2cc(F)cc(F)c2)n1. The number of hydrogen-bond acceptors (Lipinski definition) is 3. The fourth-order valence-electron chi connectivity index (χ4n) is 1.99. The number of nitrogens with one attached hydrogen (secondary N) is 1. The van der Waals surface area contributed by atoms with Crippen LogP contribution >= 0.6 is 12.2 Å². The summed E-state index contributed by atoms with van der Waals surface area (Å²) in [6.07, 6.45) is 0.479. The van der Waals surface area contributed by atoms with Crippen molar-refractivity contribution >= 4 is 23.0 Å². The monoisotopic (exact) mass is 307 g/mol. The number of hydrogen-bond donors (Lipinski definition) is 2. The lowest BCUT2D eigenvalue weighted by Crippen LogP contribution is -2.12. The average Bonchev–Trinajstić information content (AvgIpc) is 2.36. The molecule has 110 valence electrons. The second-order valence-corrected chi connectivity index (χ2v) is 5.14. The lowest BCUT2D eigenvalue weighted by molar-refractivity contribution is 0.580. The summed E-state index contributed by atoms with van der Waals surface area (Å²) in [4.78, 5) is 4.61. The summed E-state index contributed by atoms with van der Waals surface area (Å²) in [6, 6.07) is 7.04. The van der Waals surface area contributed by atoms with E-state index in [4.69, 9.17) is 18.0 Å². The van der Waals surface area contributed by atoms with E-state index in [2.05, 4.69) is 10.3 Å². The van der Waals surface area contributed by atoms with Gasteiger partial charge in [0, 0.05) is 23.9 Å². The highest BCUT2D eigenvalue weighted by Crippen LogP contribution is 2.12. The van der Waals surface area contributed by atoms with Gasteiger partial charge in [-0.3, -0.25) is 0 Å². The molecule has 21 heavy (non-hydrogen) atoms. The van der Waals surface area contributed by atoms with Gasteiger partial charge in [0.05, 0.1) is 0 Å². The predicted molar refractivity (Wildman–Crippen MR) is 83.4 cm³/mol. The van der Waals surface area contributed by atoms with E-state index in [1.54, 1.807) is 12.1 Å². The van der Waals surface area contributed by atoms with Gasteiger partial charge in [0.1, 0.15) is 22.4 Å². The quantitative estimate of drug-likeness (QED) is 0.834. The highest BCUT2D eigenvalue weighted by Gasteiger charge is 2.04. The number of anilines is 1. The first-order valence-electron chi connectivity index (χ1n) is 6.41. The van der Waals surface area contributed by atoms with Crippen molar-refractivity contribution in [2.24, 2.45) is 5.73 Å². The van der Waals surface area contributed by atoms with Crippen LogP contribution in [0.4, 0.5) is 14.6 Å². The van der Waals surface area contributed by atoms with Crippen LogP contribution in [0.15, 0.2) is 30.3 Å². The van der Waals surface area contributed by atoms with Gasteiger partial charge in [0.25, 0.3) is 0 Å². The van der Waals surface area contributed by atoms with Gasteiger partial charge in [0.15, 0.2) is 0 Å². The summed E-state index contributed by atoms with van der Waals surface area (Å²) in [5.41, 5.74) is 7.71. The molecule has 1 aromatic heterocycles. The lowest BCUT2D eigenvalue weighted by Gasteiger charge is -2.09. The molecule has 0 atom stereocenters. The molecule has 0 spiro atoms. The van der Waals surface area contributed by atoms with E-state index in [1.165, 1.54) is 12.1 Å². The minimum Gasteiger partial charge on any atom is -0.389 e. The van der Waals surface area contributed by atoms with Gasteiger partial charge in [-0.05, 0) is 43.2 Å². The molecule has 0 bridgehead atoms. The molecule has 2 aromatic rings. The lowest BCUT2D eigenvalue weighted by atomic mass is 10.1. The van der Waals surface area contributed by atoms with Crippen LogP contribution < -0.4 is 11.1 Å². The number of nitrogens with zero attached hydrogens (tertiary/aromatic N) is 1. The summed E-state index contributed by atoms with van der Waals surface area (Å²) < 4.78 is 26.1. The van der Waals surface area contributed by atoms with Gasteiger partial charge in [0.2, 0.25) is 0 Å². The minimum atomic E-state index is -0.575. The first kappa shape index (κ1) is 15.3. The Morgan fingerprint density at radius 3 is 2.48 bits per heavy atom. The molecule has 3 nitrogen and oxygen atoms in total. The van der Waals surface area contributed by atoms with Crippen LogP contribution in [0.5, 0.6) is 0 Å². The third-order valence-corrected chi connectivity index (χ3v) is 3.12. The van der Waals surface area contributed by atoms with Crippen molar-refractivity contribution in [3.05, 3.63) is 58.8 Å². The van der Waals surface area contributed by atoms with Crippen molar-refractivity contribution < 1.29 is 8.78 Å². The number of aromatic nitrogens is 1. The van der Waals surface area contributed by atoms with Crippen LogP contribution in [0.25, 0.3) is 0 Å². The van der Waals surface area contributed by atoms with Crippen LogP contribution in [-0.2, 0) is 6.42 Å². The molecular weight excluding hydrogens is 292 g/mol. The van der Waals surface area contributed by atoms with E-state index in [0.717, 1.165) is 17.3 Å². The molecule has 0 aliphatic carbocycles. The Bertz CT molecular complexity index is 654. The zero-order valence-corrected chi connectivity index (χ0v) is 12.3. The molecule has 1 heterocycles. The zero-order chi connectivity index (χ0) is 15.4. The summed E-state index contributed by atoms with van der Waals surface area (Å²) in [6.45, 7) is 2.34. The minimum absolute atomic E-state index is 0.302. The molecule has 0 radical (unpaired) electrons. The second-order valence-electron chi connectivity index (χ2n) is 4.70. The highest BCUT2D eigenvalue weighted by molar-refractivity contribution is 7.80. The molecule has 0 unspecified atom stereocenters. The summed E-state index contributed by atoms with van der Waals surface area (Å²) in [5.74, 6) is -0.515. The predicted octanol–water partition coefficient (Wildman–Crippen LogP) is 2.96. The molecule has 0 fully saturated rings. The molecule has 2 rings (SSSR count). The largest absolute Gasteiger partial charge is 0.389 e. The van der Waals surface area contributed by atoms with E-state index in [9.17, 15) is 8.78 Å². The maximum Gasteiger partial charge on any atom is 0.126 e. The standard InChI is InChI=1S/C15H15F2N3S/c1-9-4-11(15(18)21)7-14(20-9)19-3-2-10-5-12(16)8-13(17)6-10/h4-8H,2-3H2,1H3,(H2,18,21)(H,19,20). The van der Waals surface area contributed by atoms with Gasteiger partial charge < -0.3 is 11.1 Å². The number of rotatable bonds is 5. The van der Waals surface area contributed by atoms with Gasteiger partial charge in [-0.15, -0.1) is 0 Å². The van der Waals surface area contributed by atoms with E-state index in [1.807, 2.05) is 6.92 Å². The number of halogens is 2. The summed E-state index contributed by atoms with van der Waals surface area (Å²) in [7, 11) is 0. The maximum absolute atomic E-state index is 13.1. The zero-order valence-electron chi connectivity index (χ0n) is 11.5. The van der Waals surface area contributed by atoms with Crippen LogP contribution in [0.2, 0.25) is 0 Å². The number of nitrogens with two attached hydrogens (primary N) is 1. The van der Waals surface area contributed by atoms with E-state index in [0.29, 0.717) is 29.3 Å². The normalized spacial score (nSPS) is 10.4. The van der Waals surface area contributed by atoms with Crippen molar-refractivity contribution in [1.82, 2.24) is 4.98 Å². The van der Waals surface area contributed by atoms with Gasteiger partial charge >= 0.3 is 0 Å². The smallest absolute Gasteiger partial charge is 0.126 e. The average molecular weight is 307 g/mol. The Morgan fingerprint density at radius 1 is 1.19 bits per heavy atom. The molecular formula is C15H15F2N3S. The van der Waals surface area contributed by atoms with Gasteiger partial charge in [-0.1, -0.05) is 12.2 Å². The van der Waals surface area contributed by atoms with Gasteiger partial charge in [-0.2, -0.15) is 0 Å². The fourth-order valence-corrected chi connectivity index (χ4v) is 2.11. The van der Waals surface area contributed by atoms with Gasteiger partial charge in [-0.25, -0.2) is 13.8 Å². The molecule has 0 saturated carbocycles. The van der Waals surface area contributed by atoms with E-state index in [-0.39, 0.29) is 0 Å². The Morgan fingerprint density at radius 2 is 1.86 bits per heavy atom. The number of pyridine rings is 1. The van der Waals surface area contributed by atoms with Crippen molar-refractivity contribution in [2.45, 2.75) is 13.3 Å². The van der Waals surface area contributed by atoms with E-state index < -0.39 is 11.6 Å². The Kier molecular flexibility index (Phi) is 4.80. The molecule has 1 aromatic carbocycles. The highest BCUT2D eigenvalue weighted by atomic mass is 32.1. The molecule has 0 aliphatic rings. The number of benzene rings is 1. The van der Waals surface area contributed by atoms with Crippen molar-refractivity contribution in [2.75, 3.05) is 11.9 Å². The Labute approximate surface area is 127 Å². The Hall–Kier alpha value is -2.08. The topological polar surface area (TPSA) is 50.9 Å². The molecule has 0 saturated heterocycles. The molecule has 6 heteroatoms. The molecule has 0 aliphatic heterocycles. The third kappa shape index (κ3) is 4.46. The van der Waals surface area contributed by atoms with Crippen molar-refractivity contribution in [3.8, 4) is 0 Å². The second kappa shape index (κ2) is 6.58. The van der Waals surface area contributed by atoms with Crippen molar-refractivity contribution in [3.63, 3.8) is 0 Å². The van der Waals surface area contributed by atoms with Crippen LogP contribution in [0, 0.1) is 18.6 Å². The molecule has 0 amide bonds. The van der Waals surface area contributed by atoms with Crippen LogP contribution in [0.3, 0.4) is 0 Å². The van der Waals surface area contributed by atoms with E-state index >= 15 is 0 Å². The number of aryl methyl sites for hydroxylation is 1. The number of thiocarbonyl (C=S) groups is 1. The summed E-state index contributed by atoms with van der Waals surface area (Å²) in [5, 5.41) is 3.10. The van der Waals surface area contributed by atoms with Crippen molar-refractivity contribution in [1.29, 1.82) is 0 Å². The Balaban J connectivity index is 2.01. The molecule has 3 N–H and O–H groups in total. The van der Waals surface area contributed by atoms with Crippen LogP contribution in [0.1, 0.15) is 16.8 Å². The van der Waals surface area contributed by atoms with Crippen LogP contribution in [-0.4, -0.2) is 16.5 Å². The third-order valence-electron chi connectivity index (χ3n) is 2.88. The maximum atomic E-state index is 13.1. The fraction of sp³-hybridized carbons (Fsp3) is 0.200. The first-order chi connectivity index (χ1) is 9.94. The summed E-state index contributed by atoms with van der Waals surface area (Å²) >= 11 is 4.94.